The van der Waals surface area contributed by atoms with Gasteiger partial charge in [0.2, 0.25) is 0 Å². The van der Waals surface area contributed by atoms with E-state index >= 15 is 0 Å². The van der Waals surface area contributed by atoms with E-state index < -0.39 is 44.2 Å². The number of ether oxygens (including phenoxy) is 2. The Morgan fingerprint density at radius 2 is 1.21 bits per heavy atom. The average molecular weight is 312 g/mol. The topological polar surface area (TPSA) is 18.5 Å². The third-order valence-corrected chi connectivity index (χ3v) is 1.52. The van der Waals surface area contributed by atoms with Crippen molar-refractivity contribution in [3.63, 3.8) is 0 Å². The van der Waals surface area contributed by atoms with Crippen LogP contribution in [0.15, 0.2) is 0 Å². The van der Waals surface area contributed by atoms with E-state index in [-0.39, 0.29) is 0 Å². The molecule has 0 aliphatic rings. The molecule has 0 N–H and O–H groups in total. The van der Waals surface area contributed by atoms with Crippen LogP contribution in [-0.4, -0.2) is 37.8 Å². The SMILES string of the molecule is FC(OCOC(CC(F)(F)F)C(F)(F)F)C(F)(F)F. The fraction of sp³-hybridized carbons (Fsp3) is 1.00. The summed E-state index contributed by atoms with van der Waals surface area (Å²) in [6, 6.07) is 0. The Bertz CT molecular complexity index is 267. The quantitative estimate of drug-likeness (QED) is 0.569. The normalized spacial score (nSPS) is 17.4. The largest absolute Gasteiger partial charge is 0.445 e. The van der Waals surface area contributed by atoms with Gasteiger partial charge in [-0.15, -0.1) is 0 Å². The molecule has 2 unspecified atom stereocenters. The Morgan fingerprint density at radius 1 is 0.737 bits per heavy atom. The van der Waals surface area contributed by atoms with Gasteiger partial charge < -0.3 is 9.47 Å². The van der Waals surface area contributed by atoms with Crippen LogP contribution in [0.1, 0.15) is 6.42 Å². The molecule has 0 aromatic rings. The van der Waals surface area contributed by atoms with E-state index in [0.29, 0.717) is 0 Å². The van der Waals surface area contributed by atoms with Crippen molar-refractivity contribution in [2.45, 2.75) is 37.4 Å². The van der Waals surface area contributed by atoms with Crippen LogP contribution in [0.5, 0.6) is 0 Å². The molecule has 0 amide bonds. The monoisotopic (exact) mass is 312 g/mol. The minimum absolute atomic E-state index is 1.93. The maximum absolute atomic E-state index is 12.1. The van der Waals surface area contributed by atoms with Crippen molar-refractivity contribution in [2.75, 3.05) is 6.79 Å². The highest BCUT2D eigenvalue weighted by molar-refractivity contribution is 4.71. The summed E-state index contributed by atoms with van der Waals surface area (Å²) in [5.74, 6) is 0. The van der Waals surface area contributed by atoms with E-state index in [9.17, 15) is 43.9 Å². The van der Waals surface area contributed by atoms with E-state index in [0.717, 1.165) is 0 Å². The van der Waals surface area contributed by atoms with Crippen molar-refractivity contribution < 1.29 is 53.4 Å². The Hall–Kier alpha value is -0.780. The van der Waals surface area contributed by atoms with E-state index in [1.54, 1.807) is 0 Å². The number of halogens is 10. The third-order valence-electron chi connectivity index (χ3n) is 1.52. The number of alkyl halides is 10. The van der Waals surface area contributed by atoms with E-state index in [1.807, 2.05) is 0 Å². The van der Waals surface area contributed by atoms with Crippen molar-refractivity contribution in [3.8, 4) is 0 Å². The summed E-state index contributed by atoms with van der Waals surface area (Å²) in [6.07, 6.45) is -26.1. The lowest BCUT2D eigenvalue weighted by atomic mass is 10.2. The predicted octanol–water partition coefficient (Wildman–Crippen LogP) is 3.72. The van der Waals surface area contributed by atoms with E-state index in [4.69, 9.17) is 0 Å². The molecule has 0 radical (unpaired) electrons. The lowest BCUT2D eigenvalue weighted by molar-refractivity contribution is -0.314. The van der Waals surface area contributed by atoms with Crippen molar-refractivity contribution >= 4 is 0 Å². The molecule has 0 heterocycles. The first-order chi connectivity index (χ1) is 8.23. The van der Waals surface area contributed by atoms with Crippen LogP contribution >= 0.6 is 0 Å². The Morgan fingerprint density at radius 3 is 1.53 bits per heavy atom. The molecule has 0 aromatic heterocycles. The van der Waals surface area contributed by atoms with Crippen LogP contribution in [0, 0.1) is 0 Å². The van der Waals surface area contributed by atoms with E-state index in [1.165, 1.54) is 0 Å². The fourth-order valence-electron chi connectivity index (χ4n) is 0.755. The number of rotatable bonds is 5. The van der Waals surface area contributed by atoms with Crippen LogP contribution < -0.4 is 0 Å². The second-order valence-corrected chi connectivity index (χ2v) is 3.16. The Labute approximate surface area is 98.8 Å². The maximum Gasteiger partial charge on any atom is 0.445 e. The van der Waals surface area contributed by atoms with Crippen LogP contribution in [0.4, 0.5) is 43.9 Å². The van der Waals surface area contributed by atoms with E-state index in [2.05, 4.69) is 9.47 Å². The zero-order valence-corrected chi connectivity index (χ0v) is 8.67. The van der Waals surface area contributed by atoms with Gasteiger partial charge in [-0.2, -0.15) is 39.5 Å². The van der Waals surface area contributed by atoms with Gasteiger partial charge in [-0.05, 0) is 0 Å². The van der Waals surface area contributed by atoms with Crippen molar-refractivity contribution in [3.05, 3.63) is 0 Å². The molecule has 116 valence electrons. The van der Waals surface area contributed by atoms with Gasteiger partial charge in [-0.1, -0.05) is 0 Å². The molecule has 0 fully saturated rings. The fourth-order valence-corrected chi connectivity index (χ4v) is 0.755. The lowest BCUT2D eigenvalue weighted by Crippen LogP contribution is -2.38. The molecule has 0 aliphatic heterocycles. The third kappa shape index (κ3) is 8.08. The molecule has 0 saturated carbocycles. The standard InChI is InChI=1S/C7H6F10O2/c8-4(7(15,16)17)19-2-18-3(6(12,13)14)1-5(9,10)11/h3-4H,1-2H2. The summed E-state index contributed by atoms with van der Waals surface area (Å²) in [6.45, 7) is -1.93. The summed E-state index contributed by atoms with van der Waals surface area (Å²) < 4.78 is 124. The molecule has 0 rings (SSSR count). The van der Waals surface area contributed by atoms with Crippen LogP contribution in [0.2, 0.25) is 0 Å². The number of hydrogen-bond donors (Lipinski definition) is 0. The highest BCUT2D eigenvalue weighted by Gasteiger charge is 2.48. The molecule has 12 heteroatoms. The molecule has 0 saturated heterocycles. The molecular formula is C7H6F10O2. The van der Waals surface area contributed by atoms with Crippen LogP contribution in [0.25, 0.3) is 0 Å². The number of hydrogen-bond acceptors (Lipinski definition) is 2. The first kappa shape index (κ1) is 18.2. The second-order valence-electron chi connectivity index (χ2n) is 3.16. The summed E-state index contributed by atoms with van der Waals surface area (Å²) in [7, 11) is 0. The molecule has 0 bridgehead atoms. The van der Waals surface area contributed by atoms with Gasteiger partial charge in [-0.3, -0.25) is 0 Å². The first-order valence-corrected chi connectivity index (χ1v) is 4.31. The van der Waals surface area contributed by atoms with Crippen molar-refractivity contribution in [1.29, 1.82) is 0 Å². The molecule has 2 atom stereocenters. The van der Waals surface area contributed by atoms with Gasteiger partial charge in [0.15, 0.2) is 12.9 Å². The lowest BCUT2D eigenvalue weighted by Gasteiger charge is -2.22. The zero-order valence-electron chi connectivity index (χ0n) is 8.67. The van der Waals surface area contributed by atoms with Gasteiger partial charge in [-0.25, -0.2) is 4.39 Å². The molecule has 2 nitrogen and oxygen atoms in total. The minimum atomic E-state index is -5.51. The van der Waals surface area contributed by atoms with Gasteiger partial charge in [0, 0.05) is 0 Å². The molecule has 0 aliphatic carbocycles. The summed E-state index contributed by atoms with van der Waals surface area (Å²) >= 11 is 0. The molecule has 0 aromatic carbocycles. The van der Waals surface area contributed by atoms with Gasteiger partial charge >= 0.3 is 18.5 Å². The van der Waals surface area contributed by atoms with Crippen molar-refractivity contribution in [1.82, 2.24) is 0 Å². The van der Waals surface area contributed by atoms with Crippen molar-refractivity contribution in [2.24, 2.45) is 0 Å². The predicted molar refractivity (Wildman–Crippen MR) is 38.5 cm³/mol. The molecule has 19 heavy (non-hydrogen) atoms. The van der Waals surface area contributed by atoms with Crippen LogP contribution in [0.3, 0.4) is 0 Å². The average Bonchev–Trinajstić information content (AvgIpc) is 2.10. The highest BCUT2D eigenvalue weighted by Crippen LogP contribution is 2.33. The molecular weight excluding hydrogens is 306 g/mol. The summed E-state index contributed by atoms with van der Waals surface area (Å²) in [5.41, 5.74) is 0. The summed E-state index contributed by atoms with van der Waals surface area (Å²) in [4.78, 5) is 0. The summed E-state index contributed by atoms with van der Waals surface area (Å²) in [5, 5.41) is 0. The van der Waals surface area contributed by atoms with Gasteiger partial charge in [0.05, 0.1) is 6.42 Å². The first-order valence-electron chi connectivity index (χ1n) is 4.31. The highest BCUT2D eigenvalue weighted by atomic mass is 19.4. The Balaban J connectivity index is 4.38. The van der Waals surface area contributed by atoms with Crippen LogP contribution in [-0.2, 0) is 9.47 Å². The smallest absolute Gasteiger partial charge is 0.342 e. The van der Waals surface area contributed by atoms with Gasteiger partial charge in [0.1, 0.15) is 0 Å². The zero-order chi connectivity index (χ0) is 15.5. The minimum Gasteiger partial charge on any atom is -0.342 e. The second kappa shape index (κ2) is 6.11. The Kier molecular flexibility index (Phi) is 5.86. The molecule has 0 spiro atoms. The van der Waals surface area contributed by atoms with Gasteiger partial charge in [0.25, 0.3) is 6.36 Å². The maximum atomic E-state index is 12.1.